The Balaban J connectivity index is 1.27. The van der Waals surface area contributed by atoms with Crippen LogP contribution in [-0.2, 0) is 4.79 Å². The zero-order valence-electron chi connectivity index (χ0n) is 24.3. The summed E-state index contributed by atoms with van der Waals surface area (Å²) in [6, 6.07) is 11.2. The maximum atomic E-state index is 15.1. The van der Waals surface area contributed by atoms with E-state index in [4.69, 9.17) is 19.9 Å². The van der Waals surface area contributed by atoms with Crippen LogP contribution in [0, 0.1) is 5.82 Å². The summed E-state index contributed by atoms with van der Waals surface area (Å²) in [5.41, 5.74) is 6.64. The molecule has 3 N–H and O–H groups in total. The molecule has 0 bridgehead atoms. The topological polar surface area (TPSA) is 153 Å². The van der Waals surface area contributed by atoms with Crippen LogP contribution in [0.5, 0.6) is 17.2 Å². The number of carbonyl (C=O) groups is 1. The number of rotatable bonds is 11. The number of hydrogen-bond donors (Lipinski definition) is 2. The van der Waals surface area contributed by atoms with Gasteiger partial charge in [0.05, 0.1) is 31.4 Å². The number of amides is 1. The Kier molecular flexibility index (Phi) is 8.79. The van der Waals surface area contributed by atoms with Crippen molar-refractivity contribution in [2.24, 2.45) is 10.7 Å². The number of methoxy groups -OCH3 is 1. The quantitative estimate of drug-likeness (QED) is 0.147. The third-order valence-corrected chi connectivity index (χ3v) is 6.52. The minimum absolute atomic E-state index is 0.00144. The average molecular weight is 600 g/mol. The lowest BCUT2D eigenvalue weighted by Gasteiger charge is -2.38. The number of nitrogens with one attached hydrogen (secondary N) is 1. The van der Waals surface area contributed by atoms with Crippen LogP contribution in [-0.4, -0.2) is 77.6 Å². The maximum absolute atomic E-state index is 15.1. The highest BCUT2D eigenvalue weighted by molar-refractivity contribution is 5.93. The molecule has 0 spiro atoms. The van der Waals surface area contributed by atoms with Crippen LogP contribution < -0.4 is 30.2 Å². The van der Waals surface area contributed by atoms with E-state index in [1.807, 2.05) is 19.0 Å². The van der Waals surface area contributed by atoms with Crippen molar-refractivity contribution in [3.05, 3.63) is 79.2 Å². The number of aliphatic imine (C=N–C) groups is 1. The van der Waals surface area contributed by atoms with Crippen molar-refractivity contribution in [2.45, 2.75) is 6.10 Å². The summed E-state index contributed by atoms with van der Waals surface area (Å²) in [5, 5.41) is 11.6. The smallest absolute Gasteiger partial charge is 0.246 e. The molecule has 44 heavy (non-hydrogen) atoms. The van der Waals surface area contributed by atoms with E-state index in [9.17, 15) is 4.79 Å². The van der Waals surface area contributed by atoms with E-state index in [1.54, 1.807) is 35.2 Å². The molecule has 1 fully saturated rings. The Morgan fingerprint density at radius 1 is 1.16 bits per heavy atom. The molecule has 13 nitrogen and oxygen atoms in total. The molecule has 1 saturated heterocycles. The van der Waals surface area contributed by atoms with Gasteiger partial charge in [-0.3, -0.25) is 4.79 Å². The molecule has 1 aliphatic heterocycles. The number of fused-ring (bicyclic) bond motifs is 1. The second-order valence-electron chi connectivity index (χ2n) is 9.79. The second-order valence-corrected chi connectivity index (χ2v) is 9.79. The number of carbonyl (C=O) groups excluding carboxylic acids is 1. The van der Waals surface area contributed by atoms with Gasteiger partial charge in [-0.05, 0) is 36.4 Å². The van der Waals surface area contributed by atoms with Gasteiger partial charge in [-0.2, -0.15) is 0 Å². The van der Waals surface area contributed by atoms with Gasteiger partial charge in [-0.15, -0.1) is 10.2 Å². The summed E-state index contributed by atoms with van der Waals surface area (Å²) >= 11 is 0. The maximum Gasteiger partial charge on any atom is 0.246 e. The van der Waals surface area contributed by atoms with Gasteiger partial charge in [0.25, 0.3) is 0 Å². The highest BCUT2D eigenvalue weighted by atomic mass is 19.1. The fourth-order valence-corrected chi connectivity index (χ4v) is 4.19. The Labute approximate surface area is 252 Å². The number of aromatic nitrogens is 4. The average Bonchev–Trinajstić information content (AvgIpc) is 2.99. The van der Waals surface area contributed by atoms with Crippen LogP contribution in [0.1, 0.15) is 0 Å². The first-order chi connectivity index (χ1) is 21.2. The van der Waals surface area contributed by atoms with Crippen LogP contribution in [0.4, 0.5) is 27.5 Å². The molecule has 2 aromatic carbocycles. The van der Waals surface area contributed by atoms with E-state index in [0.717, 1.165) is 0 Å². The zero-order chi connectivity index (χ0) is 31.2. The van der Waals surface area contributed by atoms with Gasteiger partial charge in [0, 0.05) is 43.9 Å². The van der Waals surface area contributed by atoms with Crippen molar-refractivity contribution in [3.63, 3.8) is 0 Å². The molecule has 0 unspecified atom stereocenters. The number of likely N-dealkylation sites (tertiary alicyclic amines) is 1. The molecule has 0 aliphatic carbocycles. The molecule has 3 heterocycles. The third-order valence-electron chi connectivity index (χ3n) is 6.52. The first-order valence-corrected chi connectivity index (χ1v) is 13.4. The number of halogens is 1. The lowest BCUT2D eigenvalue weighted by atomic mass is 10.1. The van der Waals surface area contributed by atoms with E-state index in [1.165, 1.54) is 43.9 Å². The molecule has 4 aromatic rings. The van der Waals surface area contributed by atoms with Gasteiger partial charge in [-0.25, -0.2) is 19.4 Å². The number of hydrogen-bond acceptors (Lipinski definition) is 12. The minimum atomic E-state index is -0.599. The summed E-state index contributed by atoms with van der Waals surface area (Å²) in [5.74, 6) is 1.79. The molecule has 14 heteroatoms. The van der Waals surface area contributed by atoms with Crippen molar-refractivity contribution in [3.8, 4) is 17.2 Å². The summed E-state index contributed by atoms with van der Waals surface area (Å²) in [6.45, 7) is 4.35. The molecule has 1 amide bonds. The third kappa shape index (κ3) is 6.81. The predicted octanol–water partition coefficient (Wildman–Crippen LogP) is 3.73. The van der Waals surface area contributed by atoms with Crippen molar-refractivity contribution in [1.82, 2.24) is 25.1 Å². The Morgan fingerprint density at radius 2 is 1.98 bits per heavy atom. The number of nitrogens with zero attached hydrogens (tertiary/aromatic N) is 7. The largest absolute Gasteiger partial charge is 0.493 e. The second kappa shape index (κ2) is 13.0. The summed E-state index contributed by atoms with van der Waals surface area (Å²) in [4.78, 5) is 28.0. The van der Waals surface area contributed by atoms with Crippen LogP contribution in [0.15, 0.2) is 78.4 Å². The monoisotopic (exact) mass is 599 g/mol. The number of anilines is 3. The van der Waals surface area contributed by atoms with E-state index < -0.39 is 5.82 Å². The highest BCUT2D eigenvalue weighted by Gasteiger charge is 2.31. The van der Waals surface area contributed by atoms with E-state index >= 15 is 4.39 Å². The first kappa shape index (κ1) is 29.7. The minimum Gasteiger partial charge on any atom is -0.493 e. The first-order valence-electron chi connectivity index (χ1n) is 13.4. The highest BCUT2D eigenvalue weighted by Crippen LogP contribution is 2.36. The van der Waals surface area contributed by atoms with Crippen molar-refractivity contribution >= 4 is 46.2 Å². The van der Waals surface area contributed by atoms with Crippen LogP contribution in [0.2, 0.25) is 0 Å². The van der Waals surface area contributed by atoms with Crippen LogP contribution >= 0.6 is 0 Å². The summed E-state index contributed by atoms with van der Waals surface area (Å²) in [7, 11) is 5.25. The number of allylic oxidation sites excluding steroid dienone is 1. The Bertz CT molecular complexity index is 1740. The predicted molar refractivity (Wildman–Crippen MR) is 164 cm³/mol. The molecule has 0 atom stereocenters. The van der Waals surface area contributed by atoms with E-state index in [2.05, 4.69) is 37.1 Å². The lowest BCUT2D eigenvalue weighted by Crippen LogP contribution is -2.55. The molecule has 2 aromatic heterocycles. The molecule has 1 aliphatic rings. The lowest BCUT2D eigenvalue weighted by molar-refractivity contribution is -0.134. The molecule has 0 radical (unpaired) electrons. The van der Waals surface area contributed by atoms with Crippen LogP contribution in [0.3, 0.4) is 0 Å². The Hall–Kier alpha value is -5.79. The number of ether oxygens (including phenoxy) is 3. The fourth-order valence-electron chi connectivity index (χ4n) is 4.19. The van der Waals surface area contributed by atoms with Gasteiger partial charge >= 0.3 is 0 Å². The van der Waals surface area contributed by atoms with Gasteiger partial charge in [0.15, 0.2) is 29.0 Å². The number of benzene rings is 2. The molecular formula is C30H30FN9O4. The SMILES string of the molecule is C=CC(=O)N1CC(Oc2cc3c(Nc4ccc(O/C(N)=C/C=Nc5ccc(N(C)C)nn5)cc4F)ncnc3cc2OC)C1. The van der Waals surface area contributed by atoms with E-state index in [-0.39, 0.29) is 29.3 Å². The Morgan fingerprint density at radius 3 is 2.66 bits per heavy atom. The molecular weight excluding hydrogens is 569 g/mol. The van der Waals surface area contributed by atoms with Crippen LogP contribution in [0.25, 0.3) is 10.9 Å². The van der Waals surface area contributed by atoms with Gasteiger partial charge in [0.1, 0.15) is 29.8 Å². The molecule has 226 valence electrons. The molecule has 0 saturated carbocycles. The van der Waals surface area contributed by atoms with E-state index in [0.29, 0.717) is 52.9 Å². The van der Waals surface area contributed by atoms with Gasteiger partial charge in [0.2, 0.25) is 5.91 Å². The fraction of sp³-hybridized carbons (Fsp3) is 0.200. The van der Waals surface area contributed by atoms with Crippen molar-refractivity contribution < 1.29 is 23.4 Å². The summed E-state index contributed by atoms with van der Waals surface area (Å²) in [6.07, 6.45) is 5.25. The van der Waals surface area contributed by atoms with Gasteiger partial charge in [-0.1, -0.05) is 6.58 Å². The normalized spacial score (nSPS) is 13.5. The van der Waals surface area contributed by atoms with Gasteiger partial charge < -0.3 is 35.1 Å². The zero-order valence-corrected chi connectivity index (χ0v) is 24.3. The molecule has 5 rings (SSSR count). The number of nitrogens with two attached hydrogens (primary N) is 1. The summed E-state index contributed by atoms with van der Waals surface area (Å²) < 4.78 is 32.2. The van der Waals surface area contributed by atoms with Crippen molar-refractivity contribution in [2.75, 3.05) is 44.5 Å². The van der Waals surface area contributed by atoms with Crippen molar-refractivity contribution in [1.29, 1.82) is 0 Å². The standard InChI is InChI=1S/C30H30FN9O4/c1-5-29(41)40-15-19(16-40)43-25-13-20-23(14-24(25)42-4)34-17-35-30(20)36-22-7-6-18(12-21(22)31)44-26(32)10-11-33-27-8-9-28(38-37-27)39(2)3/h5-14,17,19H,1,15-16,32H2,2-4H3,(H,34,35,36)/b26-10+,33-11?.